The number of ether oxygens (including phenoxy) is 5. The molecule has 1 aromatic heterocycles. The van der Waals surface area contributed by atoms with Crippen LogP contribution in [0.3, 0.4) is 0 Å². The molecule has 10 heteroatoms. The number of nitrogens with zero attached hydrogens (tertiary/aromatic N) is 2. The Labute approximate surface area is 195 Å². The molecule has 2 aromatic carbocycles. The molecule has 0 unspecified atom stereocenters. The second-order valence-electron chi connectivity index (χ2n) is 6.92. The van der Waals surface area contributed by atoms with Gasteiger partial charge in [-0.2, -0.15) is 0 Å². The fourth-order valence-corrected chi connectivity index (χ4v) is 3.87. The molecule has 9 nitrogen and oxygen atoms in total. The van der Waals surface area contributed by atoms with Crippen molar-refractivity contribution in [1.29, 1.82) is 0 Å². The summed E-state index contributed by atoms with van der Waals surface area (Å²) in [5.41, 5.74) is 2.35. The number of fused-ring (bicyclic) bond motifs is 1. The molecule has 0 saturated heterocycles. The summed E-state index contributed by atoms with van der Waals surface area (Å²) in [5, 5.41) is 12.0. The first kappa shape index (κ1) is 22.5. The van der Waals surface area contributed by atoms with Crippen LogP contribution in [0.5, 0.6) is 28.7 Å². The van der Waals surface area contributed by atoms with E-state index in [1.165, 1.54) is 11.8 Å². The molecule has 0 fully saturated rings. The fraction of sp³-hybridized carbons (Fsp3) is 0.261. The van der Waals surface area contributed by atoms with Crippen LogP contribution in [-0.4, -0.2) is 50.0 Å². The highest BCUT2D eigenvalue weighted by atomic mass is 32.2. The van der Waals surface area contributed by atoms with Gasteiger partial charge in [0.15, 0.2) is 23.0 Å². The number of thioether (sulfide) groups is 1. The molecular formula is C23H23N3O6S. The Morgan fingerprint density at radius 3 is 2.39 bits per heavy atom. The zero-order valence-corrected chi connectivity index (χ0v) is 19.2. The zero-order chi connectivity index (χ0) is 23.2. The van der Waals surface area contributed by atoms with Crippen molar-refractivity contribution in [3.05, 3.63) is 48.0 Å². The Bertz CT molecular complexity index is 1110. The highest BCUT2D eigenvalue weighted by Crippen LogP contribution is 2.40. The van der Waals surface area contributed by atoms with Gasteiger partial charge in [-0.3, -0.25) is 4.79 Å². The van der Waals surface area contributed by atoms with Gasteiger partial charge in [0.1, 0.15) is 5.03 Å². The standard InChI is InChI=1S/C23H23N3O6S/c1-28-19-9-15(10-20(29-2)23(19)30-3)16-5-7-22(26-25-16)33-12-21(27)24-11-14-4-6-17-18(8-14)32-13-31-17/h4-10H,11-13H2,1-3H3,(H,24,27). The summed E-state index contributed by atoms with van der Waals surface area (Å²) < 4.78 is 26.8. The summed E-state index contributed by atoms with van der Waals surface area (Å²) in [6.45, 7) is 0.628. The van der Waals surface area contributed by atoms with Gasteiger partial charge in [-0.05, 0) is 42.0 Å². The Balaban J connectivity index is 1.33. The average molecular weight is 470 g/mol. The Kier molecular flexibility index (Phi) is 7.04. The van der Waals surface area contributed by atoms with Crippen LogP contribution in [-0.2, 0) is 11.3 Å². The van der Waals surface area contributed by atoms with Crippen LogP contribution < -0.4 is 29.0 Å². The number of hydrogen-bond donors (Lipinski definition) is 1. The predicted octanol–water partition coefficient (Wildman–Crippen LogP) is 3.31. The number of nitrogens with one attached hydrogen (secondary N) is 1. The van der Waals surface area contributed by atoms with Gasteiger partial charge < -0.3 is 29.0 Å². The van der Waals surface area contributed by atoms with Crippen molar-refractivity contribution >= 4 is 17.7 Å². The second-order valence-corrected chi connectivity index (χ2v) is 7.92. The monoisotopic (exact) mass is 469 g/mol. The molecule has 1 aliphatic heterocycles. The van der Waals surface area contributed by atoms with Crippen LogP contribution in [0.2, 0.25) is 0 Å². The summed E-state index contributed by atoms with van der Waals surface area (Å²) >= 11 is 1.31. The maximum atomic E-state index is 12.2. The summed E-state index contributed by atoms with van der Waals surface area (Å²) in [6, 6.07) is 12.9. The molecule has 33 heavy (non-hydrogen) atoms. The van der Waals surface area contributed by atoms with Crippen LogP contribution >= 0.6 is 11.8 Å². The number of hydrogen-bond acceptors (Lipinski definition) is 9. The molecule has 0 aliphatic carbocycles. The lowest BCUT2D eigenvalue weighted by Crippen LogP contribution is -2.24. The van der Waals surface area contributed by atoms with Crippen LogP contribution in [0.15, 0.2) is 47.5 Å². The van der Waals surface area contributed by atoms with Crippen molar-refractivity contribution in [3.63, 3.8) is 0 Å². The third kappa shape index (κ3) is 5.23. The predicted molar refractivity (Wildman–Crippen MR) is 122 cm³/mol. The van der Waals surface area contributed by atoms with Gasteiger partial charge in [0, 0.05) is 12.1 Å². The number of carbonyl (C=O) groups excluding carboxylic acids is 1. The molecule has 1 N–H and O–H groups in total. The second kappa shape index (κ2) is 10.3. The van der Waals surface area contributed by atoms with Gasteiger partial charge in [-0.25, -0.2) is 0 Å². The van der Waals surface area contributed by atoms with E-state index in [0.717, 1.165) is 11.1 Å². The van der Waals surface area contributed by atoms with E-state index in [2.05, 4.69) is 15.5 Å². The van der Waals surface area contributed by atoms with Gasteiger partial charge >= 0.3 is 0 Å². The van der Waals surface area contributed by atoms with Crippen molar-refractivity contribution in [1.82, 2.24) is 15.5 Å². The van der Waals surface area contributed by atoms with Crippen molar-refractivity contribution in [2.75, 3.05) is 33.9 Å². The molecule has 1 aliphatic rings. The molecular weight excluding hydrogens is 446 g/mol. The van der Waals surface area contributed by atoms with Crippen molar-refractivity contribution in [2.45, 2.75) is 11.6 Å². The summed E-state index contributed by atoms with van der Waals surface area (Å²) in [5.74, 6) is 3.11. The lowest BCUT2D eigenvalue weighted by Gasteiger charge is -2.13. The van der Waals surface area contributed by atoms with E-state index in [4.69, 9.17) is 23.7 Å². The molecule has 1 amide bonds. The molecule has 3 aromatic rings. The van der Waals surface area contributed by atoms with Crippen LogP contribution in [0.1, 0.15) is 5.56 Å². The van der Waals surface area contributed by atoms with Gasteiger partial charge in [0.05, 0.1) is 32.8 Å². The smallest absolute Gasteiger partial charge is 0.231 e. The quantitative estimate of drug-likeness (QED) is 0.473. The molecule has 2 heterocycles. The van der Waals surface area contributed by atoms with Crippen molar-refractivity contribution in [2.24, 2.45) is 0 Å². The van der Waals surface area contributed by atoms with Crippen LogP contribution in [0, 0.1) is 0 Å². The minimum absolute atomic E-state index is 0.104. The summed E-state index contributed by atoms with van der Waals surface area (Å²) in [6.07, 6.45) is 0. The molecule has 172 valence electrons. The Morgan fingerprint density at radius 1 is 0.970 bits per heavy atom. The third-order valence-electron chi connectivity index (χ3n) is 4.88. The van der Waals surface area contributed by atoms with Crippen LogP contribution in [0.25, 0.3) is 11.3 Å². The van der Waals surface area contributed by atoms with E-state index < -0.39 is 0 Å². The van der Waals surface area contributed by atoms with Crippen molar-refractivity contribution < 1.29 is 28.5 Å². The molecule has 0 spiro atoms. The summed E-state index contributed by atoms with van der Waals surface area (Å²) in [7, 11) is 4.67. The van der Waals surface area contributed by atoms with E-state index in [1.54, 1.807) is 21.3 Å². The maximum Gasteiger partial charge on any atom is 0.231 e. The lowest BCUT2D eigenvalue weighted by molar-refractivity contribution is -0.118. The van der Waals surface area contributed by atoms with Crippen molar-refractivity contribution in [3.8, 4) is 40.0 Å². The molecule has 0 radical (unpaired) electrons. The van der Waals surface area contributed by atoms with Crippen LogP contribution in [0.4, 0.5) is 0 Å². The minimum atomic E-state index is -0.104. The molecule has 0 atom stereocenters. The van der Waals surface area contributed by atoms with Gasteiger partial charge in [-0.1, -0.05) is 17.8 Å². The van der Waals surface area contributed by atoms with E-state index in [1.807, 2.05) is 42.5 Å². The number of methoxy groups -OCH3 is 3. The first-order valence-electron chi connectivity index (χ1n) is 10.0. The number of amides is 1. The molecule has 0 saturated carbocycles. The first-order chi connectivity index (χ1) is 16.1. The number of benzene rings is 2. The molecule has 4 rings (SSSR count). The van der Waals surface area contributed by atoms with Gasteiger partial charge in [0.2, 0.25) is 18.4 Å². The zero-order valence-electron chi connectivity index (χ0n) is 18.4. The fourth-order valence-electron chi connectivity index (χ4n) is 3.22. The highest BCUT2D eigenvalue weighted by molar-refractivity contribution is 7.99. The third-order valence-corrected chi connectivity index (χ3v) is 5.80. The van der Waals surface area contributed by atoms with E-state index in [9.17, 15) is 4.79 Å². The SMILES string of the molecule is COc1cc(-c2ccc(SCC(=O)NCc3ccc4c(c3)OCO4)nn2)cc(OC)c1OC. The van der Waals surface area contributed by atoms with Gasteiger partial charge in [-0.15, -0.1) is 10.2 Å². The Hall–Kier alpha value is -3.66. The Morgan fingerprint density at radius 2 is 1.73 bits per heavy atom. The minimum Gasteiger partial charge on any atom is -0.493 e. The van der Waals surface area contributed by atoms with E-state index >= 15 is 0 Å². The summed E-state index contributed by atoms with van der Waals surface area (Å²) in [4.78, 5) is 12.2. The number of carbonyl (C=O) groups is 1. The number of aromatic nitrogens is 2. The highest BCUT2D eigenvalue weighted by Gasteiger charge is 2.16. The first-order valence-corrected chi connectivity index (χ1v) is 11.0. The van der Waals surface area contributed by atoms with E-state index in [-0.39, 0.29) is 18.5 Å². The lowest BCUT2D eigenvalue weighted by atomic mass is 10.1. The average Bonchev–Trinajstić information content (AvgIpc) is 3.33. The topological polar surface area (TPSA) is 101 Å². The maximum absolute atomic E-state index is 12.2. The molecule has 0 bridgehead atoms. The van der Waals surface area contributed by atoms with Gasteiger partial charge in [0.25, 0.3) is 0 Å². The normalized spacial score (nSPS) is 11.7. The van der Waals surface area contributed by atoms with E-state index in [0.29, 0.717) is 46.0 Å². The largest absolute Gasteiger partial charge is 0.493 e. The number of rotatable bonds is 9.